The quantitative estimate of drug-likeness (QED) is 0.764. The van der Waals surface area contributed by atoms with Crippen LogP contribution in [0.15, 0.2) is 29.4 Å². The lowest BCUT2D eigenvalue weighted by Gasteiger charge is -2.22. The number of aromatic nitrogens is 1. The maximum atomic E-state index is 6.13. The molecule has 0 aliphatic carbocycles. The van der Waals surface area contributed by atoms with Crippen LogP contribution in [-0.4, -0.2) is 18.1 Å². The number of hydrogen-bond donors (Lipinski definition) is 0. The van der Waals surface area contributed by atoms with Crippen molar-refractivity contribution in [1.29, 1.82) is 0 Å². The predicted molar refractivity (Wildman–Crippen MR) is 69.6 cm³/mol. The molecule has 0 aliphatic rings. The molecule has 1 heterocycles. The molecule has 0 aromatic carbocycles. The summed E-state index contributed by atoms with van der Waals surface area (Å²) >= 11 is 9.47. The van der Waals surface area contributed by atoms with Gasteiger partial charge in [0.15, 0.2) is 0 Å². The van der Waals surface area contributed by atoms with Gasteiger partial charge in [0.1, 0.15) is 5.82 Å². The molecular formula is C11H14BrClN2. The van der Waals surface area contributed by atoms with Crippen LogP contribution in [0.3, 0.4) is 0 Å². The van der Waals surface area contributed by atoms with Gasteiger partial charge >= 0.3 is 0 Å². The van der Waals surface area contributed by atoms with Crippen LogP contribution in [0.5, 0.6) is 0 Å². The summed E-state index contributed by atoms with van der Waals surface area (Å²) in [7, 11) is 0. The van der Waals surface area contributed by atoms with Crippen LogP contribution >= 0.6 is 27.5 Å². The first-order valence-corrected chi connectivity index (χ1v) is 6.03. The molecule has 0 unspecified atom stereocenters. The molecule has 1 aromatic rings. The highest BCUT2D eigenvalue weighted by molar-refractivity contribution is 9.10. The van der Waals surface area contributed by atoms with Crippen molar-refractivity contribution in [3.63, 3.8) is 0 Å². The van der Waals surface area contributed by atoms with Crippen LogP contribution in [0.1, 0.15) is 13.3 Å². The monoisotopic (exact) mass is 288 g/mol. The molecule has 0 radical (unpaired) electrons. The van der Waals surface area contributed by atoms with E-state index >= 15 is 0 Å². The van der Waals surface area contributed by atoms with Gasteiger partial charge in [0.2, 0.25) is 0 Å². The van der Waals surface area contributed by atoms with E-state index in [9.17, 15) is 0 Å². The molecule has 0 saturated carbocycles. The van der Waals surface area contributed by atoms with Gasteiger partial charge in [-0.2, -0.15) is 0 Å². The van der Waals surface area contributed by atoms with Gasteiger partial charge in [-0.15, -0.1) is 6.58 Å². The number of rotatable bonds is 5. The van der Waals surface area contributed by atoms with Gasteiger partial charge in [0.25, 0.3) is 0 Å². The number of anilines is 1. The smallest absolute Gasteiger partial charge is 0.147 e. The van der Waals surface area contributed by atoms with E-state index in [1.165, 1.54) is 0 Å². The summed E-state index contributed by atoms with van der Waals surface area (Å²) in [5.74, 6) is 0.821. The van der Waals surface area contributed by atoms with Crippen molar-refractivity contribution in [3.8, 4) is 0 Å². The highest BCUT2D eigenvalue weighted by Crippen LogP contribution is 2.26. The van der Waals surface area contributed by atoms with Crippen LogP contribution in [0.4, 0.5) is 5.82 Å². The minimum Gasteiger partial charge on any atom is -0.352 e. The number of hydrogen-bond acceptors (Lipinski definition) is 2. The van der Waals surface area contributed by atoms with Gasteiger partial charge in [-0.05, 0) is 28.4 Å². The number of nitrogens with zero attached hydrogens (tertiary/aromatic N) is 2. The first-order valence-electron chi connectivity index (χ1n) is 4.86. The Bertz CT molecular complexity index is 341. The van der Waals surface area contributed by atoms with E-state index in [2.05, 4.69) is 39.3 Å². The Labute approximate surface area is 104 Å². The van der Waals surface area contributed by atoms with Gasteiger partial charge in [0.05, 0.1) is 5.02 Å². The maximum Gasteiger partial charge on any atom is 0.147 e. The molecule has 0 bridgehead atoms. The van der Waals surface area contributed by atoms with Gasteiger partial charge in [-0.25, -0.2) is 4.98 Å². The Hall–Kier alpha value is -0.540. The molecule has 0 atom stereocenters. The van der Waals surface area contributed by atoms with Crippen molar-refractivity contribution in [2.75, 3.05) is 18.0 Å². The lowest BCUT2D eigenvalue weighted by Crippen LogP contribution is -2.25. The van der Waals surface area contributed by atoms with Crippen LogP contribution in [0.25, 0.3) is 0 Å². The third-order valence-electron chi connectivity index (χ3n) is 1.93. The van der Waals surface area contributed by atoms with Crippen molar-refractivity contribution >= 4 is 33.3 Å². The van der Waals surface area contributed by atoms with Crippen LogP contribution in [-0.2, 0) is 0 Å². The Kier molecular flexibility index (Phi) is 5.12. The molecular weight excluding hydrogens is 275 g/mol. The first-order chi connectivity index (χ1) is 7.19. The topological polar surface area (TPSA) is 16.1 Å². The largest absolute Gasteiger partial charge is 0.352 e. The summed E-state index contributed by atoms with van der Waals surface area (Å²) in [4.78, 5) is 6.43. The molecule has 1 aromatic heterocycles. The fourth-order valence-corrected chi connectivity index (χ4v) is 2.10. The lowest BCUT2D eigenvalue weighted by atomic mass is 10.3. The number of pyridine rings is 1. The predicted octanol–water partition coefficient (Wildman–Crippen LogP) is 3.90. The molecule has 15 heavy (non-hydrogen) atoms. The van der Waals surface area contributed by atoms with Crippen molar-refractivity contribution in [1.82, 2.24) is 4.98 Å². The van der Waals surface area contributed by atoms with E-state index in [1.807, 2.05) is 12.1 Å². The van der Waals surface area contributed by atoms with Gasteiger partial charge in [-0.3, -0.25) is 0 Å². The zero-order valence-corrected chi connectivity index (χ0v) is 11.1. The molecule has 0 spiro atoms. The minimum atomic E-state index is 0.666. The summed E-state index contributed by atoms with van der Waals surface area (Å²) in [5, 5.41) is 0.666. The summed E-state index contributed by atoms with van der Waals surface area (Å²) < 4.78 is 0.895. The van der Waals surface area contributed by atoms with Crippen LogP contribution < -0.4 is 4.90 Å². The third kappa shape index (κ3) is 3.50. The second kappa shape index (κ2) is 6.13. The fourth-order valence-electron chi connectivity index (χ4n) is 1.35. The van der Waals surface area contributed by atoms with E-state index < -0.39 is 0 Å². The van der Waals surface area contributed by atoms with Crippen LogP contribution in [0.2, 0.25) is 5.02 Å². The summed E-state index contributed by atoms with van der Waals surface area (Å²) in [6, 6.07) is 1.86. The summed E-state index contributed by atoms with van der Waals surface area (Å²) in [5.41, 5.74) is 0. The van der Waals surface area contributed by atoms with Crippen molar-refractivity contribution in [3.05, 3.63) is 34.4 Å². The Balaban J connectivity index is 2.94. The van der Waals surface area contributed by atoms with E-state index in [-0.39, 0.29) is 0 Å². The summed E-state index contributed by atoms with van der Waals surface area (Å²) in [6.45, 7) is 7.56. The molecule has 2 nitrogen and oxygen atoms in total. The highest BCUT2D eigenvalue weighted by Gasteiger charge is 2.09. The Morgan fingerprint density at radius 1 is 1.67 bits per heavy atom. The zero-order chi connectivity index (χ0) is 11.3. The highest BCUT2D eigenvalue weighted by atomic mass is 79.9. The molecule has 0 N–H and O–H groups in total. The van der Waals surface area contributed by atoms with E-state index in [1.54, 1.807) is 6.20 Å². The van der Waals surface area contributed by atoms with E-state index in [0.717, 1.165) is 29.8 Å². The zero-order valence-electron chi connectivity index (χ0n) is 8.71. The Morgan fingerprint density at radius 3 is 2.93 bits per heavy atom. The van der Waals surface area contributed by atoms with E-state index in [4.69, 9.17) is 11.6 Å². The molecule has 82 valence electrons. The molecule has 0 amide bonds. The molecule has 0 fully saturated rings. The van der Waals surface area contributed by atoms with Gasteiger partial charge < -0.3 is 4.90 Å². The molecule has 0 aliphatic heterocycles. The van der Waals surface area contributed by atoms with Gasteiger partial charge in [0, 0.05) is 23.8 Å². The molecule has 0 saturated heterocycles. The van der Waals surface area contributed by atoms with E-state index in [0.29, 0.717) is 5.02 Å². The third-order valence-corrected chi connectivity index (χ3v) is 2.64. The molecule has 4 heteroatoms. The van der Waals surface area contributed by atoms with Gasteiger partial charge in [-0.1, -0.05) is 24.6 Å². The minimum absolute atomic E-state index is 0.666. The standard InChI is InChI=1S/C11H14BrClN2/c1-3-5-15(6-4-2)11-10(13)7-9(12)8-14-11/h3,7-8H,1,4-6H2,2H3. The second-order valence-corrected chi connectivity index (χ2v) is 4.52. The lowest BCUT2D eigenvalue weighted by molar-refractivity contribution is 0.802. The van der Waals surface area contributed by atoms with Crippen molar-refractivity contribution in [2.45, 2.75) is 13.3 Å². The normalized spacial score (nSPS) is 10.1. The SMILES string of the molecule is C=CCN(CCC)c1ncc(Br)cc1Cl. The average molecular weight is 290 g/mol. The Morgan fingerprint density at radius 2 is 2.40 bits per heavy atom. The maximum absolute atomic E-state index is 6.13. The van der Waals surface area contributed by atoms with Crippen LogP contribution in [0, 0.1) is 0 Å². The average Bonchev–Trinajstić information content (AvgIpc) is 2.17. The summed E-state index contributed by atoms with van der Waals surface area (Å²) in [6.07, 6.45) is 4.67. The molecule has 1 rings (SSSR count). The number of halogens is 2. The van der Waals surface area contributed by atoms with Crippen molar-refractivity contribution < 1.29 is 0 Å². The van der Waals surface area contributed by atoms with Crippen molar-refractivity contribution in [2.24, 2.45) is 0 Å². The fraction of sp³-hybridized carbons (Fsp3) is 0.364. The first kappa shape index (κ1) is 12.5. The second-order valence-electron chi connectivity index (χ2n) is 3.19.